The Kier molecular flexibility index (Phi) is 4.58. The molecule has 2 saturated heterocycles. The van der Waals surface area contributed by atoms with E-state index in [1.807, 2.05) is 16.7 Å². The van der Waals surface area contributed by atoms with Crippen LogP contribution in [0.4, 0.5) is 0 Å². The zero-order valence-corrected chi connectivity index (χ0v) is 14.0. The summed E-state index contributed by atoms with van der Waals surface area (Å²) in [7, 11) is 1.64. The van der Waals surface area contributed by atoms with Gasteiger partial charge in [-0.2, -0.15) is 16.9 Å². The number of carbonyl (C=O) groups is 1. The van der Waals surface area contributed by atoms with Crippen molar-refractivity contribution < 1.29 is 4.79 Å². The molecular weight excluding hydrogens is 302 g/mol. The van der Waals surface area contributed by atoms with Gasteiger partial charge in [-0.3, -0.25) is 14.3 Å². The maximum absolute atomic E-state index is 12.5. The molecule has 2 aliphatic rings. The molecule has 0 spiro atoms. The maximum Gasteiger partial charge on any atom is 0.345 e. The quantitative estimate of drug-likeness (QED) is 0.755. The molecule has 0 aromatic carbocycles. The molecule has 1 aromatic heterocycles. The lowest BCUT2D eigenvalue weighted by Gasteiger charge is -2.26. The lowest BCUT2D eigenvalue weighted by atomic mass is 10.2. The second-order valence-corrected chi connectivity index (χ2v) is 7.14. The highest BCUT2D eigenvalue weighted by Gasteiger charge is 2.39. The van der Waals surface area contributed by atoms with Crippen molar-refractivity contribution in [3.63, 3.8) is 0 Å². The van der Waals surface area contributed by atoms with Crippen LogP contribution in [0.1, 0.15) is 12.8 Å². The van der Waals surface area contributed by atoms with E-state index in [9.17, 15) is 9.59 Å². The van der Waals surface area contributed by atoms with Gasteiger partial charge in [-0.15, -0.1) is 0 Å². The normalized spacial score (nSPS) is 26.0. The number of amides is 1. The van der Waals surface area contributed by atoms with E-state index in [0.717, 1.165) is 26.2 Å². The van der Waals surface area contributed by atoms with Gasteiger partial charge in [-0.1, -0.05) is 0 Å². The summed E-state index contributed by atoms with van der Waals surface area (Å²) in [5, 5.41) is 4.43. The van der Waals surface area contributed by atoms with E-state index in [1.54, 1.807) is 7.05 Å². The van der Waals surface area contributed by atoms with Gasteiger partial charge in [0.2, 0.25) is 5.91 Å². The van der Waals surface area contributed by atoms with E-state index < -0.39 is 0 Å². The summed E-state index contributed by atoms with van der Waals surface area (Å²) < 4.78 is 2.62. The summed E-state index contributed by atoms with van der Waals surface area (Å²) in [5.41, 5.74) is -0.245. The molecule has 0 radical (unpaired) electrons. The van der Waals surface area contributed by atoms with E-state index in [1.165, 1.54) is 28.4 Å². The molecule has 0 N–H and O–H groups in total. The monoisotopic (exact) mass is 325 g/mol. The largest absolute Gasteiger partial charge is 0.345 e. The molecule has 0 unspecified atom stereocenters. The van der Waals surface area contributed by atoms with Crippen LogP contribution in [0.2, 0.25) is 0 Å². The molecule has 3 rings (SSSR count). The maximum atomic E-state index is 12.5. The number of rotatable bonds is 4. The van der Waals surface area contributed by atoms with E-state index in [4.69, 9.17) is 0 Å². The van der Waals surface area contributed by atoms with Gasteiger partial charge in [0, 0.05) is 31.4 Å². The third kappa shape index (κ3) is 2.94. The molecule has 2 atom stereocenters. The van der Waals surface area contributed by atoms with Crippen LogP contribution in [-0.4, -0.2) is 73.8 Å². The molecule has 1 amide bonds. The number of aryl methyl sites for hydroxylation is 1. The smallest absolute Gasteiger partial charge is 0.338 e. The standard InChI is InChI=1S/C14H23N5O2S/c1-16-10-15-19(14(16)21)9-13(20)18-7-11(12(8-18)22-2)17-5-3-4-6-17/h10-12H,3-9H2,1-2H3/t11-,12-/m1/s1. The van der Waals surface area contributed by atoms with E-state index in [0.29, 0.717) is 11.3 Å². The second kappa shape index (κ2) is 6.45. The highest BCUT2D eigenvalue weighted by atomic mass is 32.2. The van der Waals surface area contributed by atoms with E-state index >= 15 is 0 Å². The van der Waals surface area contributed by atoms with Gasteiger partial charge in [-0.05, 0) is 32.2 Å². The summed E-state index contributed by atoms with van der Waals surface area (Å²) in [6.07, 6.45) is 6.08. The van der Waals surface area contributed by atoms with Gasteiger partial charge in [0.1, 0.15) is 12.9 Å². The molecule has 122 valence electrons. The molecule has 0 bridgehead atoms. The van der Waals surface area contributed by atoms with Gasteiger partial charge in [-0.25, -0.2) is 9.48 Å². The Morgan fingerprint density at radius 1 is 1.36 bits per heavy atom. The molecule has 2 aliphatic heterocycles. The first-order valence-corrected chi connectivity index (χ1v) is 9.02. The van der Waals surface area contributed by atoms with Crippen molar-refractivity contribution in [2.45, 2.75) is 30.7 Å². The number of thioether (sulfide) groups is 1. The van der Waals surface area contributed by atoms with Crippen LogP contribution in [0.25, 0.3) is 0 Å². The zero-order chi connectivity index (χ0) is 15.7. The molecule has 0 saturated carbocycles. The molecule has 22 heavy (non-hydrogen) atoms. The first-order valence-electron chi connectivity index (χ1n) is 7.73. The van der Waals surface area contributed by atoms with Crippen LogP contribution >= 0.6 is 11.8 Å². The van der Waals surface area contributed by atoms with Crippen LogP contribution < -0.4 is 5.69 Å². The highest BCUT2D eigenvalue weighted by molar-refractivity contribution is 7.99. The molecule has 1 aromatic rings. The Labute approximate surface area is 134 Å². The predicted molar refractivity (Wildman–Crippen MR) is 85.9 cm³/mol. The van der Waals surface area contributed by atoms with Crippen molar-refractivity contribution in [2.75, 3.05) is 32.4 Å². The summed E-state index contributed by atoms with van der Waals surface area (Å²) in [6.45, 7) is 3.86. The summed E-state index contributed by atoms with van der Waals surface area (Å²) in [5.74, 6) is -0.0125. The average molecular weight is 325 g/mol. The molecule has 7 nitrogen and oxygen atoms in total. The van der Waals surface area contributed by atoms with Crippen LogP contribution in [0, 0.1) is 0 Å². The minimum absolute atomic E-state index is 0.0125. The molecular formula is C14H23N5O2S. The van der Waals surface area contributed by atoms with Crippen molar-refractivity contribution in [3.05, 3.63) is 16.8 Å². The van der Waals surface area contributed by atoms with E-state index in [-0.39, 0.29) is 18.1 Å². The SMILES string of the molecule is CS[C@@H]1CN(C(=O)Cn2ncn(C)c2=O)C[C@H]1N1CCCC1. The number of aromatic nitrogens is 3. The molecule has 3 heterocycles. The lowest BCUT2D eigenvalue weighted by molar-refractivity contribution is -0.131. The third-order valence-electron chi connectivity index (χ3n) is 4.67. The minimum Gasteiger partial charge on any atom is -0.338 e. The predicted octanol–water partition coefficient (Wildman–Crippen LogP) is -0.380. The fourth-order valence-electron chi connectivity index (χ4n) is 3.37. The number of nitrogens with zero attached hydrogens (tertiary/aromatic N) is 5. The van der Waals surface area contributed by atoms with E-state index in [2.05, 4.69) is 16.3 Å². The average Bonchev–Trinajstić information content (AvgIpc) is 3.22. The van der Waals surface area contributed by atoms with Gasteiger partial charge in [0.05, 0.1) is 0 Å². The van der Waals surface area contributed by atoms with Gasteiger partial charge in [0.15, 0.2) is 0 Å². The summed E-state index contributed by atoms with van der Waals surface area (Å²) in [4.78, 5) is 28.7. The molecule has 2 fully saturated rings. The Hall–Kier alpha value is -1.28. The van der Waals surface area contributed by atoms with Gasteiger partial charge >= 0.3 is 5.69 Å². The fraction of sp³-hybridized carbons (Fsp3) is 0.786. The Bertz CT molecular complexity index is 592. The topological polar surface area (TPSA) is 63.4 Å². The summed E-state index contributed by atoms with van der Waals surface area (Å²) in [6, 6.07) is 0.446. The zero-order valence-electron chi connectivity index (χ0n) is 13.1. The third-order valence-corrected chi connectivity index (χ3v) is 5.74. The van der Waals surface area contributed by atoms with Crippen LogP contribution in [0.15, 0.2) is 11.1 Å². The number of hydrogen-bond acceptors (Lipinski definition) is 5. The first-order chi connectivity index (χ1) is 10.6. The highest BCUT2D eigenvalue weighted by Crippen LogP contribution is 2.27. The van der Waals surface area contributed by atoms with Gasteiger partial charge < -0.3 is 4.90 Å². The van der Waals surface area contributed by atoms with Crippen LogP contribution in [-0.2, 0) is 18.4 Å². The van der Waals surface area contributed by atoms with Crippen molar-refractivity contribution in [3.8, 4) is 0 Å². The Morgan fingerprint density at radius 3 is 2.68 bits per heavy atom. The Morgan fingerprint density at radius 2 is 2.09 bits per heavy atom. The summed E-state index contributed by atoms with van der Waals surface area (Å²) >= 11 is 1.84. The van der Waals surface area contributed by atoms with Gasteiger partial charge in [0.25, 0.3) is 0 Å². The lowest BCUT2D eigenvalue weighted by Crippen LogP contribution is -2.41. The van der Waals surface area contributed by atoms with Crippen molar-refractivity contribution in [1.29, 1.82) is 0 Å². The minimum atomic E-state index is -0.245. The molecule has 8 heteroatoms. The second-order valence-electron chi connectivity index (χ2n) is 6.07. The van der Waals surface area contributed by atoms with Crippen molar-refractivity contribution in [2.24, 2.45) is 7.05 Å². The first kappa shape index (κ1) is 15.6. The number of likely N-dealkylation sites (tertiary alicyclic amines) is 2. The van der Waals surface area contributed by atoms with Crippen LogP contribution in [0.3, 0.4) is 0 Å². The fourth-order valence-corrected chi connectivity index (χ4v) is 4.27. The number of hydrogen-bond donors (Lipinski definition) is 0. The van der Waals surface area contributed by atoms with Crippen molar-refractivity contribution in [1.82, 2.24) is 24.1 Å². The van der Waals surface area contributed by atoms with Crippen LogP contribution in [0.5, 0.6) is 0 Å². The number of carbonyl (C=O) groups excluding carboxylic acids is 1. The molecule has 0 aliphatic carbocycles. The van der Waals surface area contributed by atoms with Crippen molar-refractivity contribution >= 4 is 17.7 Å². The Balaban J connectivity index is 1.66.